The molecule has 0 N–H and O–H groups in total. The smallest absolute Gasteiger partial charge is 0.246 e. The van der Waals surface area contributed by atoms with E-state index in [2.05, 4.69) is 0 Å². The molecule has 1 fully saturated rings. The van der Waals surface area contributed by atoms with E-state index in [4.69, 9.17) is 23.2 Å². The van der Waals surface area contributed by atoms with Crippen LogP contribution < -0.4 is 0 Å². The first-order valence-corrected chi connectivity index (χ1v) is 11.8. The van der Waals surface area contributed by atoms with Crippen molar-refractivity contribution in [1.82, 2.24) is 9.21 Å². The number of sulfonamides is 1. The van der Waals surface area contributed by atoms with Crippen LogP contribution in [0, 0.1) is 0 Å². The van der Waals surface area contributed by atoms with Crippen LogP contribution in [0.15, 0.2) is 58.3 Å². The second-order valence-electron chi connectivity index (χ2n) is 6.35. The molecule has 150 valence electrons. The topological polar surface area (TPSA) is 57.7 Å². The Balaban J connectivity index is 1.64. The summed E-state index contributed by atoms with van der Waals surface area (Å²) in [5.74, 6) is 0.00155. The largest absolute Gasteiger partial charge is 0.339 e. The predicted octanol–water partition coefficient (Wildman–Crippen LogP) is 4.01. The molecule has 3 rings (SSSR count). The molecule has 1 unspecified atom stereocenters. The molecule has 1 heterocycles. The number of carbonyl (C=O) groups excluding carboxylic acids is 1. The minimum Gasteiger partial charge on any atom is -0.339 e. The summed E-state index contributed by atoms with van der Waals surface area (Å²) in [6.07, 6.45) is 0. The summed E-state index contributed by atoms with van der Waals surface area (Å²) in [6, 6.07) is 14.3. The fraction of sp³-hybridized carbons (Fsp3) is 0.316. The number of piperazine rings is 1. The lowest BCUT2D eigenvalue weighted by atomic mass is 10.3. The Hall–Kier alpha value is -1.25. The zero-order chi connectivity index (χ0) is 20.3. The molecule has 1 atom stereocenters. The highest BCUT2D eigenvalue weighted by molar-refractivity contribution is 8.00. The molecule has 0 bridgehead atoms. The van der Waals surface area contributed by atoms with Gasteiger partial charge in [0, 0.05) is 31.1 Å². The highest BCUT2D eigenvalue weighted by atomic mass is 35.5. The maximum Gasteiger partial charge on any atom is 0.246 e. The summed E-state index contributed by atoms with van der Waals surface area (Å²) < 4.78 is 27.2. The monoisotopic (exact) mass is 458 g/mol. The van der Waals surface area contributed by atoms with Gasteiger partial charge in [0.2, 0.25) is 15.9 Å². The second kappa shape index (κ2) is 9.05. The van der Waals surface area contributed by atoms with Crippen molar-refractivity contribution in [2.24, 2.45) is 0 Å². The van der Waals surface area contributed by atoms with Gasteiger partial charge in [-0.05, 0) is 31.2 Å². The fourth-order valence-electron chi connectivity index (χ4n) is 3.02. The van der Waals surface area contributed by atoms with E-state index in [1.165, 1.54) is 28.2 Å². The summed E-state index contributed by atoms with van der Waals surface area (Å²) in [5.41, 5.74) is 0. The van der Waals surface area contributed by atoms with Crippen molar-refractivity contribution in [3.8, 4) is 0 Å². The number of halogens is 2. The quantitative estimate of drug-likeness (QED) is 0.635. The van der Waals surface area contributed by atoms with Gasteiger partial charge in [0.05, 0.1) is 15.3 Å². The van der Waals surface area contributed by atoms with Gasteiger partial charge >= 0.3 is 0 Å². The van der Waals surface area contributed by atoms with Crippen molar-refractivity contribution in [2.45, 2.75) is 22.0 Å². The van der Waals surface area contributed by atoms with Crippen LogP contribution in [0.5, 0.6) is 0 Å². The molecular formula is C19H20Cl2N2O3S2. The lowest BCUT2D eigenvalue weighted by molar-refractivity contribution is -0.131. The molecule has 0 radical (unpaired) electrons. The van der Waals surface area contributed by atoms with Gasteiger partial charge in [0.25, 0.3) is 0 Å². The minimum absolute atomic E-state index is 0.00155. The van der Waals surface area contributed by atoms with Crippen molar-refractivity contribution in [1.29, 1.82) is 0 Å². The lowest BCUT2D eigenvalue weighted by Crippen LogP contribution is -2.52. The minimum atomic E-state index is -3.82. The number of hydrogen-bond donors (Lipinski definition) is 0. The Labute approximate surface area is 179 Å². The second-order valence-corrected chi connectivity index (χ2v) is 10.5. The summed E-state index contributed by atoms with van der Waals surface area (Å²) in [5, 5.41) is -0.0543. The Morgan fingerprint density at radius 1 is 0.964 bits per heavy atom. The van der Waals surface area contributed by atoms with Crippen molar-refractivity contribution >= 4 is 50.9 Å². The molecule has 28 heavy (non-hydrogen) atoms. The zero-order valence-corrected chi connectivity index (χ0v) is 18.4. The Bertz CT molecular complexity index is 927. The average Bonchev–Trinajstić information content (AvgIpc) is 2.68. The third kappa shape index (κ3) is 4.66. The van der Waals surface area contributed by atoms with E-state index < -0.39 is 10.0 Å². The molecule has 1 saturated heterocycles. The molecule has 1 amide bonds. The van der Waals surface area contributed by atoms with E-state index in [1.54, 1.807) is 11.0 Å². The highest BCUT2D eigenvalue weighted by Gasteiger charge is 2.34. The normalized spacial score (nSPS) is 16.8. The molecular weight excluding hydrogens is 439 g/mol. The van der Waals surface area contributed by atoms with Crippen LogP contribution in [0.2, 0.25) is 10.0 Å². The lowest BCUT2D eigenvalue weighted by Gasteiger charge is -2.35. The predicted molar refractivity (Wildman–Crippen MR) is 114 cm³/mol. The van der Waals surface area contributed by atoms with Gasteiger partial charge in [-0.25, -0.2) is 8.42 Å². The van der Waals surface area contributed by atoms with Crippen LogP contribution >= 0.6 is 35.0 Å². The van der Waals surface area contributed by atoms with E-state index in [0.29, 0.717) is 13.1 Å². The molecule has 2 aromatic rings. The molecule has 0 spiro atoms. The molecule has 9 heteroatoms. The highest BCUT2D eigenvalue weighted by Crippen LogP contribution is 2.32. The standard InChI is InChI=1S/C19H20Cl2N2O3S2/c1-14(27-15-6-3-2-4-7-15)19(24)22-10-12-23(13-11-22)28(25,26)18-16(20)8-5-9-17(18)21/h2-9,14H,10-13H2,1H3. The zero-order valence-electron chi connectivity index (χ0n) is 15.2. The number of thioether (sulfide) groups is 1. The molecule has 1 aliphatic heterocycles. The maximum atomic E-state index is 12.9. The molecule has 0 aromatic heterocycles. The summed E-state index contributed by atoms with van der Waals surface area (Å²) in [7, 11) is -3.82. The van der Waals surface area contributed by atoms with Crippen molar-refractivity contribution in [2.75, 3.05) is 26.2 Å². The van der Waals surface area contributed by atoms with Crippen molar-refractivity contribution < 1.29 is 13.2 Å². The van der Waals surface area contributed by atoms with E-state index in [-0.39, 0.29) is 39.2 Å². The Morgan fingerprint density at radius 3 is 2.11 bits per heavy atom. The number of hydrogen-bond acceptors (Lipinski definition) is 4. The summed E-state index contributed by atoms with van der Waals surface area (Å²) in [6.45, 7) is 2.95. The average molecular weight is 459 g/mol. The van der Waals surface area contributed by atoms with Gasteiger partial charge in [0.15, 0.2) is 0 Å². The van der Waals surface area contributed by atoms with E-state index in [1.807, 2.05) is 37.3 Å². The first-order valence-electron chi connectivity index (χ1n) is 8.75. The molecule has 0 aliphatic carbocycles. The number of benzene rings is 2. The first-order chi connectivity index (χ1) is 13.3. The van der Waals surface area contributed by atoms with E-state index in [9.17, 15) is 13.2 Å². The molecule has 0 saturated carbocycles. The number of carbonyl (C=O) groups is 1. The fourth-order valence-corrected chi connectivity index (χ4v) is 6.50. The third-order valence-electron chi connectivity index (χ3n) is 4.47. The van der Waals surface area contributed by atoms with Gasteiger partial charge in [0.1, 0.15) is 4.90 Å². The van der Waals surface area contributed by atoms with Gasteiger partial charge in [-0.15, -0.1) is 11.8 Å². The van der Waals surface area contributed by atoms with E-state index >= 15 is 0 Å². The van der Waals surface area contributed by atoms with Crippen molar-refractivity contribution in [3.63, 3.8) is 0 Å². The van der Waals surface area contributed by atoms with Crippen LogP contribution in [0.25, 0.3) is 0 Å². The van der Waals surface area contributed by atoms with Gasteiger partial charge in [-0.2, -0.15) is 4.31 Å². The summed E-state index contributed by atoms with van der Waals surface area (Å²) in [4.78, 5) is 15.4. The number of rotatable bonds is 5. The van der Waals surface area contributed by atoms with Crippen LogP contribution in [-0.2, 0) is 14.8 Å². The van der Waals surface area contributed by atoms with Gasteiger partial charge in [-0.3, -0.25) is 4.79 Å². The molecule has 5 nitrogen and oxygen atoms in total. The van der Waals surface area contributed by atoms with Crippen LogP contribution in [0.3, 0.4) is 0 Å². The van der Waals surface area contributed by atoms with E-state index in [0.717, 1.165) is 4.90 Å². The van der Waals surface area contributed by atoms with Crippen molar-refractivity contribution in [3.05, 3.63) is 58.6 Å². The van der Waals surface area contributed by atoms with Gasteiger partial charge in [-0.1, -0.05) is 47.5 Å². The third-order valence-corrected chi connectivity index (χ3v) is 8.43. The molecule has 2 aromatic carbocycles. The summed E-state index contributed by atoms with van der Waals surface area (Å²) >= 11 is 13.6. The SMILES string of the molecule is CC(Sc1ccccc1)C(=O)N1CCN(S(=O)(=O)c2c(Cl)cccc2Cl)CC1. The number of amides is 1. The maximum absolute atomic E-state index is 12.9. The van der Waals surface area contributed by atoms with Crippen LogP contribution in [0.1, 0.15) is 6.92 Å². The molecule has 1 aliphatic rings. The van der Waals surface area contributed by atoms with Crippen LogP contribution in [-0.4, -0.2) is 55.0 Å². The van der Waals surface area contributed by atoms with Gasteiger partial charge < -0.3 is 4.90 Å². The Kier molecular flexibility index (Phi) is 6.94. The van der Waals surface area contributed by atoms with Crippen LogP contribution in [0.4, 0.5) is 0 Å². The number of nitrogens with zero attached hydrogens (tertiary/aromatic N) is 2. The Morgan fingerprint density at radius 2 is 1.54 bits per heavy atom. The first kappa shape index (κ1) is 21.5.